The van der Waals surface area contributed by atoms with Crippen LogP contribution in [0, 0.1) is 6.92 Å². The first-order valence-corrected chi connectivity index (χ1v) is 7.95. The van der Waals surface area contributed by atoms with Crippen molar-refractivity contribution in [3.05, 3.63) is 68.7 Å². The Morgan fingerprint density at radius 2 is 2.00 bits per heavy atom. The summed E-state index contributed by atoms with van der Waals surface area (Å²) in [5.41, 5.74) is 2.97. The Balaban J connectivity index is 2.06. The number of benzene rings is 2. The third-order valence-electron chi connectivity index (χ3n) is 3.34. The van der Waals surface area contributed by atoms with Gasteiger partial charge < -0.3 is 5.32 Å². The number of carbonyl (C=O) groups is 1. The van der Waals surface area contributed by atoms with Crippen LogP contribution in [0.3, 0.4) is 0 Å². The van der Waals surface area contributed by atoms with Crippen LogP contribution in [0.5, 0.6) is 0 Å². The zero-order valence-electron chi connectivity index (χ0n) is 12.0. The summed E-state index contributed by atoms with van der Waals surface area (Å²) in [5, 5.41) is 3.45. The van der Waals surface area contributed by atoms with Gasteiger partial charge in [0.05, 0.1) is 10.6 Å². The number of carbonyl (C=O) groups excluding carboxylic acids is 1. The lowest BCUT2D eigenvalue weighted by Crippen LogP contribution is -2.34. The van der Waals surface area contributed by atoms with Crippen molar-refractivity contribution in [1.82, 2.24) is 5.32 Å². The Morgan fingerprint density at radius 3 is 2.71 bits per heavy atom. The van der Waals surface area contributed by atoms with Crippen LogP contribution in [0.25, 0.3) is 0 Å². The standard InChI is InChI=1S/C17H17BrClNO/c1-11-5-3-4-6-13(11)9-12(2)20-17(21)15-10-14(18)7-8-16(15)19/h3-8,10,12H,9H2,1-2H3,(H,20,21). The van der Waals surface area contributed by atoms with Gasteiger partial charge in [-0.2, -0.15) is 0 Å². The summed E-state index contributed by atoms with van der Waals surface area (Å²) in [4.78, 5) is 12.3. The number of rotatable bonds is 4. The fourth-order valence-electron chi connectivity index (χ4n) is 2.19. The van der Waals surface area contributed by atoms with Crippen LogP contribution in [-0.4, -0.2) is 11.9 Å². The number of nitrogens with one attached hydrogen (secondary N) is 1. The highest BCUT2D eigenvalue weighted by Gasteiger charge is 2.14. The van der Waals surface area contributed by atoms with Gasteiger partial charge in [-0.1, -0.05) is 51.8 Å². The second-order valence-corrected chi connectivity index (χ2v) is 6.45. The molecule has 0 aliphatic carbocycles. The van der Waals surface area contributed by atoms with Crippen LogP contribution < -0.4 is 5.32 Å². The highest BCUT2D eigenvalue weighted by molar-refractivity contribution is 9.10. The van der Waals surface area contributed by atoms with E-state index >= 15 is 0 Å². The zero-order chi connectivity index (χ0) is 15.4. The van der Waals surface area contributed by atoms with E-state index in [0.29, 0.717) is 10.6 Å². The molecule has 1 atom stereocenters. The first kappa shape index (κ1) is 16.1. The van der Waals surface area contributed by atoms with Gasteiger partial charge in [0, 0.05) is 10.5 Å². The van der Waals surface area contributed by atoms with E-state index in [9.17, 15) is 4.79 Å². The number of hydrogen-bond donors (Lipinski definition) is 1. The quantitative estimate of drug-likeness (QED) is 0.829. The lowest BCUT2D eigenvalue weighted by Gasteiger charge is -2.16. The highest BCUT2D eigenvalue weighted by atomic mass is 79.9. The molecule has 0 saturated carbocycles. The van der Waals surface area contributed by atoms with E-state index in [1.54, 1.807) is 12.1 Å². The summed E-state index contributed by atoms with van der Waals surface area (Å²) >= 11 is 9.43. The minimum atomic E-state index is -0.151. The van der Waals surface area contributed by atoms with Gasteiger partial charge in [-0.05, 0) is 49.6 Å². The molecule has 0 fully saturated rings. The molecular formula is C17H17BrClNO. The molecule has 0 heterocycles. The Hall–Kier alpha value is -1.32. The number of halogens is 2. The normalized spacial score (nSPS) is 12.0. The Bertz CT molecular complexity index is 657. The van der Waals surface area contributed by atoms with Crippen LogP contribution in [0.1, 0.15) is 28.4 Å². The minimum Gasteiger partial charge on any atom is -0.349 e. The molecule has 0 spiro atoms. The lowest BCUT2D eigenvalue weighted by molar-refractivity contribution is 0.0940. The molecule has 0 saturated heterocycles. The van der Waals surface area contributed by atoms with Crippen molar-refractivity contribution in [2.24, 2.45) is 0 Å². The topological polar surface area (TPSA) is 29.1 Å². The molecule has 2 aromatic carbocycles. The minimum absolute atomic E-state index is 0.0358. The van der Waals surface area contributed by atoms with Crippen molar-refractivity contribution < 1.29 is 4.79 Å². The maximum atomic E-state index is 12.3. The molecule has 0 radical (unpaired) electrons. The van der Waals surface area contributed by atoms with E-state index < -0.39 is 0 Å². The van der Waals surface area contributed by atoms with E-state index in [4.69, 9.17) is 11.6 Å². The van der Waals surface area contributed by atoms with Crippen molar-refractivity contribution in [3.63, 3.8) is 0 Å². The third kappa shape index (κ3) is 4.32. The molecule has 2 rings (SSSR count). The average Bonchev–Trinajstić information content (AvgIpc) is 2.44. The molecule has 2 aromatic rings. The van der Waals surface area contributed by atoms with Crippen molar-refractivity contribution in [1.29, 1.82) is 0 Å². The summed E-state index contributed by atoms with van der Waals surface area (Å²) in [7, 11) is 0. The molecular weight excluding hydrogens is 350 g/mol. The van der Waals surface area contributed by atoms with Gasteiger partial charge in [0.25, 0.3) is 5.91 Å². The molecule has 4 heteroatoms. The van der Waals surface area contributed by atoms with E-state index in [2.05, 4.69) is 40.3 Å². The average molecular weight is 367 g/mol. The predicted molar refractivity (Wildman–Crippen MR) is 91.0 cm³/mol. The van der Waals surface area contributed by atoms with Gasteiger partial charge >= 0.3 is 0 Å². The number of hydrogen-bond acceptors (Lipinski definition) is 1. The number of amides is 1. The van der Waals surface area contributed by atoms with Crippen LogP contribution in [0.2, 0.25) is 5.02 Å². The van der Waals surface area contributed by atoms with Gasteiger partial charge in [0.2, 0.25) is 0 Å². The maximum Gasteiger partial charge on any atom is 0.253 e. The van der Waals surface area contributed by atoms with Gasteiger partial charge in [-0.15, -0.1) is 0 Å². The Labute approximate surface area is 138 Å². The van der Waals surface area contributed by atoms with E-state index in [1.165, 1.54) is 11.1 Å². The van der Waals surface area contributed by atoms with Crippen molar-refractivity contribution in [2.75, 3.05) is 0 Å². The van der Waals surface area contributed by atoms with Gasteiger partial charge in [0.15, 0.2) is 0 Å². The van der Waals surface area contributed by atoms with Crippen LogP contribution in [0.15, 0.2) is 46.9 Å². The lowest BCUT2D eigenvalue weighted by atomic mass is 10.0. The van der Waals surface area contributed by atoms with Gasteiger partial charge in [-0.25, -0.2) is 0 Å². The summed E-state index contributed by atoms with van der Waals surface area (Å²) < 4.78 is 0.837. The van der Waals surface area contributed by atoms with Crippen LogP contribution >= 0.6 is 27.5 Å². The van der Waals surface area contributed by atoms with Crippen LogP contribution in [-0.2, 0) is 6.42 Å². The Morgan fingerprint density at radius 1 is 1.29 bits per heavy atom. The fraction of sp³-hybridized carbons (Fsp3) is 0.235. The zero-order valence-corrected chi connectivity index (χ0v) is 14.3. The molecule has 1 N–H and O–H groups in total. The summed E-state index contributed by atoms with van der Waals surface area (Å²) in [6.45, 7) is 4.07. The molecule has 2 nitrogen and oxygen atoms in total. The molecule has 0 bridgehead atoms. The first-order valence-electron chi connectivity index (χ1n) is 6.78. The van der Waals surface area contributed by atoms with Crippen LogP contribution in [0.4, 0.5) is 0 Å². The molecule has 21 heavy (non-hydrogen) atoms. The Kier molecular flexibility index (Phi) is 5.43. The third-order valence-corrected chi connectivity index (χ3v) is 4.16. The monoisotopic (exact) mass is 365 g/mol. The molecule has 0 aliphatic heterocycles. The summed E-state index contributed by atoms with van der Waals surface area (Å²) in [5.74, 6) is -0.151. The fourth-order valence-corrected chi connectivity index (χ4v) is 2.76. The van der Waals surface area contributed by atoms with Gasteiger partial charge in [0.1, 0.15) is 0 Å². The first-order chi connectivity index (χ1) is 9.97. The summed E-state index contributed by atoms with van der Waals surface area (Å²) in [6.07, 6.45) is 0.796. The van der Waals surface area contributed by atoms with Crippen molar-refractivity contribution >= 4 is 33.4 Å². The maximum absolute atomic E-state index is 12.3. The van der Waals surface area contributed by atoms with E-state index in [-0.39, 0.29) is 11.9 Å². The smallest absolute Gasteiger partial charge is 0.253 e. The second kappa shape index (κ2) is 7.10. The predicted octanol–water partition coefficient (Wildman–Crippen LogP) is 4.77. The van der Waals surface area contributed by atoms with Crippen molar-refractivity contribution in [3.8, 4) is 0 Å². The number of aryl methyl sites for hydroxylation is 1. The molecule has 0 aliphatic rings. The molecule has 1 unspecified atom stereocenters. The van der Waals surface area contributed by atoms with Crippen molar-refractivity contribution in [2.45, 2.75) is 26.3 Å². The van der Waals surface area contributed by atoms with E-state index in [0.717, 1.165) is 10.9 Å². The molecule has 1 amide bonds. The summed E-state index contributed by atoms with van der Waals surface area (Å²) in [6, 6.07) is 13.5. The molecule has 110 valence electrons. The van der Waals surface area contributed by atoms with E-state index in [1.807, 2.05) is 25.1 Å². The van der Waals surface area contributed by atoms with Gasteiger partial charge in [-0.3, -0.25) is 4.79 Å². The highest BCUT2D eigenvalue weighted by Crippen LogP contribution is 2.21. The largest absolute Gasteiger partial charge is 0.349 e. The SMILES string of the molecule is Cc1ccccc1CC(C)NC(=O)c1cc(Br)ccc1Cl. The second-order valence-electron chi connectivity index (χ2n) is 5.13. The molecule has 0 aromatic heterocycles.